The second-order valence-electron chi connectivity index (χ2n) is 5.24. The molecule has 0 fully saturated rings. The summed E-state index contributed by atoms with van der Waals surface area (Å²) in [6.45, 7) is 0.994. The van der Waals surface area contributed by atoms with Crippen LogP contribution >= 0.6 is 11.3 Å². The molecule has 25 heavy (non-hydrogen) atoms. The van der Waals surface area contributed by atoms with Crippen molar-refractivity contribution in [2.45, 2.75) is 11.4 Å². The van der Waals surface area contributed by atoms with E-state index in [1.165, 1.54) is 30.6 Å². The molecule has 0 saturated carbocycles. The summed E-state index contributed by atoms with van der Waals surface area (Å²) in [6, 6.07) is 13.9. The van der Waals surface area contributed by atoms with E-state index in [9.17, 15) is 8.42 Å². The van der Waals surface area contributed by atoms with Crippen LogP contribution in [0, 0.1) is 0 Å². The van der Waals surface area contributed by atoms with Gasteiger partial charge >= 0.3 is 0 Å². The molecule has 1 aromatic heterocycles. The van der Waals surface area contributed by atoms with E-state index in [0.29, 0.717) is 23.7 Å². The Morgan fingerprint density at radius 3 is 2.48 bits per heavy atom. The van der Waals surface area contributed by atoms with E-state index in [4.69, 9.17) is 9.47 Å². The molecule has 0 amide bonds. The fourth-order valence-corrected chi connectivity index (χ4v) is 4.65. The van der Waals surface area contributed by atoms with Crippen molar-refractivity contribution in [1.82, 2.24) is 4.57 Å². The van der Waals surface area contributed by atoms with Gasteiger partial charge in [-0.05, 0) is 36.4 Å². The highest BCUT2D eigenvalue weighted by Crippen LogP contribution is 2.19. The van der Waals surface area contributed by atoms with Crippen molar-refractivity contribution in [3.05, 3.63) is 53.3 Å². The van der Waals surface area contributed by atoms with Gasteiger partial charge in [0.15, 0.2) is 0 Å². The van der Waals surface area contributed by atoms with Gasteiger partial charge in [-0.1, -0.05) is 23.5 Å². The average molecular weight is 378 g/mol. The van der Waals surface area contributed by atoms with Crippen molar-refractivity contribution in [2.24, 2.45) is 4.40 Å². The normalized spacial score (nSPS) is 12.6. The molecule has 0 bridgehead atoms. The minimum Gasteiger partial charge on any atom is -0.497 e. The maximum atomic E-state index is 12.7. The van der Waals surface area contributed by atoms with E-state index >= 15 is 0 Å². The number of methoxy groups -OCH3 is 2. The highest BCUT2D eigenvalue weighted by atomic mass is 32.2. The molecule has 2 aromatic carbocycles. The topological polar surface area (TPSA) is 69.9 Å². The number of aromatic nitrogens is 1. The molecule has 0 unspecified atom stereocenters. The number of fused-ring (bicyclic) bond motifs is 1. The van der Waals surface area contributed by atoms with Crippen molar-refractivity contribution in [3.63, 3.8) is 0 Å². The molecule has 0 aliphatic heterocycles. The third kappa shape index (κ3) is 3.76. The number of hydrogen-bond donors (Lipinski definition) is 0. The van der Waals surface area contributed by atoms with Gasteiger partial charge in [-0.2, -0.15) is 8.42 Å². The monoisotopic (exact) mass is 378 g/mol. The van der Waals surface area contributed by atoms with Crippen molar-refractivity contribution in [2.75, 3.05) is 20.8 Å². The predicted molar refractivity (Wildman–Crippen MR) is 97.4 cm³/mol. The van der Waals surface area contributed by atoms with Gasteiger partial charge in [-0.15, -0.1) is 4.40 Å². The number of benzene rings is 2. The van der Waals surface area contributed by atoms with E-state index in [1.54, 1.807) is 19.2 Å². The second kappa shape index (κ2) is 7.38. The molecular weight excluding hydrogens is 360 g/mol. The number of para-hydroxylation sites is 1. The number of ether oxygens (including phenoxy) is 2. The van der Waals surface area contributed by atoms with Crippen LogP contribution in [0.3, 0.4) is 0 Å². The third-order valence-corrected chi connectivity index (χ3v) is 6.12. The molecule has 0 atom stereocenters. The molecule has 3 rings (SSSR count). The molecule has 6 nitrogen and oxygen atoms in total. The zero-order valence-electron chi connectivity index (χ0n) is 13.9. The third-order valence-electron chi connectivity index (χ3n) is 3.66. The van der Waals surface area contributed by atoms with Crippen LogP contribution in [0.2, 0.25) is 0 Å². The van der Waals surface area contributed by atoms with Crippen molar-refractivity contribution in [1.29, 1.82) is 0 Å². The lowest BCUT2D eigenvalue weighted by atomic mass is 10.3. The molecule has 132 valence electrons. The first-order chi connectivity index (χ1) is 12.0. The van der Waals surface area contributed by atoms with Crippen LogP contribution in [0.1, 0.15) is 0 Å². The Hall–Kier alpha value is -2.16. The number of nitrogens with zero attached hydrogens (tertiary/aromatic N) is 2. The molecule has 0 radical (unpaired) electrons. The van der Waals surface area contributed by atoms with Gasteiger partial charge in [0.05, 0.1) is 28.8 Å². The Balaban J connectivity index is 2.12. The van der Waals surface area contributed by atoms with Gasteiger partial charge in [0, 0.05) is 13.7 Å². The van der Waals surface area contributed by atoms with Crippen LogP contribution in [0.25, 0.3) is 10.2 Å². The van der Waals surface area contributed by atoms with E-state index in [0.717, 1.165) is 10.2 Å². The number of thiazole rings is 1. The van der Waals surface area contributed by atoms with Gasteiger partial charge in [0.2, 0.25) is 4.80 Å². The van der Waals surface area contributed by atoms with Crippen LogP contribution in [0.15, 0.2) is 57.8 Å². The Morgan fingerprint density at radius 1 is 1.08 bits per heavy atom. The molecule has 0 N–H and O–H groups in total. The smallest absolute Gasteiger partial charge is 0.285 e. The molecule has 0 saturated heterocycles. The number of hydrogen-bond acceptors (Lipinski definition) is 5. The molecule has 0 spiro atoms. The molecule has 8 heteroatoms. The minimum absolute atomic E-state index is 0.129. The summed E-state index contributed by atoms with van der Waals surface area (Å²) < 4.78 is 42.4. The van der Waals surface area contributed by atoms with Gasteiger partial charge in [-0.3, -0.25) is 0 Å². The maximum absolute atomic E-state index is 12.7. The van der Waals surface area contributed by atoms with Gasteiger partial charge in [-0.25, -0.2) is 0 Å². The summed E-state index contributed by atoms with van der Waals surface area (Å²) in [6.07, 6.45) is 0. The van der Waals surface area contributed by atoms with E-state index in [2.05, 4.69) is 4.40 Å². The summed E-state index contributed by atoms with van der Waals surface area (Å²) in [7, 11) is -0.673. The number of rotatable bonds is 6. The van der Waals surface area contributed by atoms with Crippen LogP contribution in [-0.2, 0) is 21.3 Å². The lowest BCUT2D eigenvalue weighted by Gasteiger charge is -2.04. The van der Waals surface area contributed by atoms with E-state index < -0.39 is 10.0 Å². The fourth-order valence-electron chi connectivity index (χ4n) is 2.39. The van der Waals surface area contributed by atoms with Crippen molar-refractivity contribution < 1.29 is 17.9 Å². The quantitative estimate of drug-likeness (QED) is 0.661. The molecule has 0 aliphatic carbocycles. The lowest BCUT2D eigenvalue weighted by Crippen LogP contribution is -2.19. The van der Waals surface area contributed by atoms with Gasteiger partial charge in [0.25, 0.3) is 10.0 Å². The first-order valence-electron chi connectivity index (χ1n) is 7.57. The molecule has 1 heterocycles. The molecule has 0 aliphatic rings. The molecule has 3 aromatic rings. The first-order valence-corrected chi connectivity index (χ1v) is 9.83. The van der Waals surface area contributed by atoms with E-state index in [1.807, 2.05) is 28.8 Å². The SMILES string of the molecule is COCCn1c(=NS(=O)(=O)c2ccc(OC)cc2)sc2ccccc21. The van der Waals surface area contributed by atoms with Crippen LogP contribution in [0.4, 0.5) is 0 Å². The van der Waals surface area contributed by atoms with Gasteiger partial charge in [0.1, 0.15) is 5.75 Å². The summed E-state index contributed by atoms with van der Waals surface area (Å²) in [5, 5.41) is 0. The first kappa shape index (κ1) is 17.7. The summed E-state index contributed by atoms with van der Waals surface area (Å²) in [5.74, 6) is 0.593. The summed E-state index contributed by atoms with van der Waals surface area (Å²) in [4.78, 5) is 0.554. The minimum atomic E-state index is -3.82. The lowest BCUT2D eigenvalue weighted by molar-refractivity contribution is 0.187. The molecular formula is C17H18N2O4S2. The summed E-state index contributed by atoms with van der Waals surface area (Å²) >= 11 is 1.34. The Kier molecular flexibility index (Phi) is 5.22. The maximum Gasteiger partial charge on any atom is 0.285 e. The van der Waals surface area contributed by atoms with Crippen LogP contribution < -0.4 is 9.54 Å². The van der Waals surface area contributed by atoms with Crippen LogP contribution in [0.5, 0.6) is 5.75 Å². The zero-order valence-corrected chi connectivity index (χ0v) is 15.5. The highest BCUT2D eigenvalue weighted by Gasteiger charge is 2.15. The zero-order chi connectivity index (χ0) is 17.9. The number of sulfonamides is 1. The second-order valence-corrected chi connectivity index (χ2v) is 7.85. The Labute approximate surface area is 150 Å². The van der Waals surface area contributed by atoms with Crippen LogP contribution in [-0.4, -0.2) is 33.8 Å². The van der Waals surface area contributed by atoms with Crippen molar-refractivity contribution >= 4 is 31.6 Å². The average Bonchev–Trinajstić information content (AvgIpc) is 2.96. The van der Waals surface area contributed by atoms with Crippen molar-refractivity contribution in [3.8, 4) is 5.75 Å². The standard InChI is InChI=1S/C17H18N2O4S2/c1-22-12-11-19-15-5-3-4-6-16(15)24-17(19)18-25(20,21)14-9-7-13(23-2)8-10-14/h3-10H,11-12H2,1-2H3. The largest absolute Gasteiger partial charge is 0.497 e. The Morgan fingerprint density at radius 2 is 1.80 bits per heavy atom. The Bertz CT molecular complexity index is 1030. The van der Waals surface area contributed by atoms with E-state index in [-0.39, 0.29) is 4.90 Å². The predicted octanol–water partition coefficient (Wildman–Crippen LogP) is 2.65. The highest BCUT2D eigenvalue weighted by molar-refractivity contribution is 7.90. The van der Waals surface area contributed by atoms with Gasteiger partial charge < -0.3 is 14.0 Å². The summed E-state index contributed by atoms with van der Waals surface area (Å²) in [5.41, 5.74) is 0.938. The fraction of sp³-hybridized carbons (Fsp3) is 0.235.